The lowest BCUT2D eigenvalue weighted by Gasteiger charge is -2.23. The van der Waals surface area contributed by atoms with Crippen LogP contribution in [0.25, 0.3) is 17.5 Å². The van der Waals surface area contributed by atoms with E-state index < -0.39 is 11.5 Å². The maximum atomic E-state index is 13.5. The van der Waals surface area contributed by atoms with Gasteiger partial charge in [0.25, 0.3) is 5.56 Å². The van der Waals surface area contributed by atoms with E-state index in [1.165, 1.54) is 33.0 Å². The number of methoxy groups -OCH3 is 4. The SMILES string of the molecule is COc1cc(C=c2sc3n(c2=O)C(N)=C(C#N)C(c2cc(Br)c(OC)c(OC)c2)C=3C#N)cc(Br)c1OC. The first-order chi connectivity index (χ1) is 18.2. The van der Waals surface area contributed by atoms with E-state index in [0.717, 1.165) is 11.3 Å². The molecule has 1 aliphatic rings. The standard InChI is InChI=1S/C26H20Br2N4O5S/c1-34-18-6-12(5-16(27)22(18)36-3)7-20-25(33)32-24(31)14(10-29)21(15(11-30)26(32)38-20)13-8-17(28)23(37-4)19(9-13)35-2/h5-9,21H,31H2,1-4H3. The Morgan fingerprint density at radius 1 is 0.921 bits per heavy atom. The topological polar surface area (TPSA) is 133 Å². The first-order valence-electron chi connectivity index (χ1n) is 10.8. The second-order valence-electron chi connectivity index (χ2n) is 7.90. The average Bonchev–Trinajstić information content (AvgIpc) is 3.23. The number of ether oxygens (including phenoxy) is 4. The van der Waals surface area contributed by atoms with E-state index in [9.17, 15) is 15.3 Å². The highest BCUT2D eigenvalue weighted by molar-refractivity contribution is 9.11. The average molecular weight is 660 g/mol. The van der Waals surface area contributed by atoms with Gasteiger partial charge >= 0.3 is 0 Å². The number of aromatic nitrogens is 1. The fourth-order valence-corrected chi connectivity index (χ4v) is 6.63. The molecule has 3 aromatic rings. The monoisotopic (exact) mass is 658 g/mol. The predicted octanol–water partition coefficient (Wildman–Crippen LogP) is 3.42. The van der Waals surface area contributed by atoms with Crippen LogP contribution in [0.3, 0.4) is 0 Å². The van der Waals surface area contributed by atoms with Crippen LogP contribution in [-0.2, 0) is 0 Å². The van der Waals surface area contributed by atoms with Crippen LogP contribution < -0.4 is 39.4 Å². The molecule has 0 bridgehead atoms. The number of allylic oxidation sites excluding steroid dienone is 1. The molecule has 4 rings (SSSR count). The predicted molar refractivity (Wildman–Crippen MR) is 151 cm³/mol. The molecule has 2 N–H and O–H groups in total. The minimum Gasteiger partial charge on any atom is -0.493 e. The van der Waals surface area contributed by atoms with Gasteiger partial charge in [0.15, 0.2) is 23.0 Å². The van der Waals surface area contributed by atoms with E-state index in [0.29, 0.717) is 52.3 Å². The summed E-state index contributed by atoms with van der Waals surface area (Å²) in [5.41, 5.74) is 7.49. The van der Waals surface area contributed by atoms with E-state index in [-0.39, 0.29) is 17.0 Å². The first-order valence-corrected chi connectivity index (χ1v) is 13.3. The minimum absolute atomic E-state index is 0.0354. The smallest absolute Gasteiger partial charge is 0.274 e. The van der Waals surface area contributed by atoms with Gasteiger partial charge in [-0.15, -0.1) is 11.3 Å². The molecule has 0 spiro atoms. The van der Waals surface area contributed by atoms with Crippen LogP contribution >= 0.6 is 43.2 Å². The molecule has 0 saturated carbocycles. The number of nitrogens with two attached hydrogens (primary N) is 1. The third-order valence-corrected chi connectivity index (χ3v) is 8.22. The van der Waals surface area contributed by atoms with Crippen LogP contribution in [0.4, 0.5) is 0 Å². The largest absolute Gasteiger partial charge is 0.493 e. The molecule has 0 fully saturated rings. The number of nitrogens with zero attached hydrogens (tertiary/aromatic N) is 3. The van der Waals surface area contributed by atoms with Crippen molar-refractivity contribution in [1.29, 1.82) is 10.5 Å². The molecular weight excluding hydrogens is 640 g/mol. The molecular formula is C26H20Br2N4O5S. The van der Waals surface area contributed by atoms with Crippen molar-refractivity contribution in [3.8, 4) is 35.1 Å². The van der Waals surface area contributed by atoms with Crippen molar-refractivity contribution in [3.05, 3.63) is 69.5 Å². The van der Waals surface area contributed by atoms with Crippen LogP contribution in [0.1, 0.15) is 17.0 Å². The molecule has 9 nitrogen and oxygen atoms in total. The van der Waals surface area contributed by atoms with E-state index in [2.05, 4.69) is 44.0 Å². The number of hydrogen-bond acceptors (Lipinski definition) is 9. The highest BCUT2D eigenvalue weighted by Gasteiger charge is 2.33. The number of rotatable bonds is 6. The quantitative estimate of drug-likeness (QED) is 0.426. The molecule has 0 radical (unpaired) electrons. The summed E-state index contributed by atoms with van der Waals surface area (Å²) in [6.45, 7) is 0. The van der Waals surface area contributed by atoms with E-state index in [4.69, 9.17) is 24.7 Å². The first kappa shape index (κ1) is 27.3. The van der Waals surface area contributed by atoms with Crippen LogP contribution in [0.5, 0.6) is 23.0 Å². The maximum Gasteiger partial charge on any atom is 0.274 e. The fraction of sp³-hybridized carbons (Fsp3) is 0.192. The number of fused-ring (bicyclic) bond motifs is 1. The molecule has 1 aliphatic heterocycles. The fourth-order valence-electron chi connectivity index (χ4n) is 4.26. The molecule has 2 heterocycles. The second kappa shape index (κ2) is 11.0. The Kier molecular flexibility index (Phi) is 7.88. The van der Waals surface area contributed by atoms with E-state index in [1.54, 1.807) is 30.3 Å². The summed E-state index contributed by atoms with van der Waals surface area (Å²) in [7, 11) is 6.04. The van der Waals surface area contributed by atoms with E-state index >= 15 is 0 Å². The third kappa shape index (κ3) is 4.45. The summed E-state index contributed by atoms with van der Waals surface area (Å²) >= 11 is 8.04. The molecule has 12 heteroatoms. The summed E-state index contributed by atoms with van der Waals surface area (Å²) in [4.78, 5) is 13.5. The van der Waals surface area contributed by atoms with Crippen LogP contribution in [0.2, 0.25) is 0 Å². The van der Waals surface area contributed by atoms with Gasteiger partial charge in [-0.2, -0.15) is 10.5 Å². The molecule has 1 atom stereocenters. The molecule has 0 aliphatic carbocycles. The number of nitriles is 2. The lowest BCUT2D eigenvalue weighted by molar-refractivity contribution is 0.352. The highest BCUT2D eigenvalue weighted by atomic mass is 79.9. The van der Waals surface area contributed by atoms with Crippen molar-refractivity contribution >= 4 is 60.7 Å². The summed E-state index contributed by atoms with van der Waals surface area (Å²) in [6, 6.07) is 11.2. The lowest BCUT2D eigenvalue weighted by Crippen LogP contribution is -2.38. The molecule has 38 heavy (non-hydrogen) atoms. The van der Waals surface area contributed by atoms with Crippen molar-refractivity contribution in [2.75, 3.05) is 28.4 Å². The number of hydrogen-bond donors (Lipinski definition) is 1. The molecule has 1 unspecified atom stereocenters. The van der Waals surface area contributed by atoms with Crippen molar-refractivity contribution in [2.45, 2.75) is 5.92 Å². The Morgan fingerprint density at radius 3 is 2.05 bits per heavy atom. The minimum atomic E-state index is -0.817. The van der Waals surface area contributed by atoms with Gasteiger partial charge in [-0.25, -0.2) is 0 Å². The Hall–Kier alpha value is -3.71. The van der Waals surface area contributed by atoms with Gasteiger partial charge in [-0.1, -0.05) is 0 Å². The van der Waals surface area contributed by atoms with Gasteiger partial charge in [-0.3, -0.25) is 9.36 Å². The zero-order valence-corrected chi connectivity index (χ0v) is 24.6. The molecule has 2 aromatic carbocycles. The van der Waals surface area contributed by atoms with Crippen molar-refractivity contribution in [3.63, 3.8) is 0 Å². The Bertz CT molecular complexity index is 1760. The Labute approximate surface area is 238 Å². The molecule has 0 amide bonds. The van der Waals surface area contributed by atoms with Crippen LogP contribution in [0, 0.1) is 22.7 Å². The second-order valence-corrected chi connectivity index (χ2v) is 10.6. The van der Waals surface area contributed by atoms with Crippen molar-refractivity contribution < 1.29 is 18.9 Å². The normalized spacial score (nSPS) is 15.0. The van der Waals surface area contributed by atoms with Gasteiger partial charge in [0.1, 0.15) is 10.5 Å². The van der Waals surface area contributed by atoms with Crippen molar-refractivity contribution in [1.82, 2.24) is 4.57 Å². The molecule has 194 valence electrons. The summed E-state index contributed by atoms with van der Waals surface area (Å²) in [5.74, 6) is 1.01. The van der Waals surface area contributed by atoms with Crippen LogP contribution in [0.15, 0.2) is 43.6 Å². The lowest BCUT2D eigenvalue weighted by atomic mass is 9.84. The zero-order valence-electron chi connectivity index (χ0n) is 20.6. The third-order valence-electron chi connectivity index (χ3n) is 5.93. The van der Waals surface area contributed by atoms with E-state index in [1.807, 2.05) is 0 Å². The highest BCUT2D eigenvalue weighted by Crippen LogP contribution is 2.43. The van der Waals surface area contributed by atoms with Crippen LogP contribution in [-0.4, -0.2) is 33.0 Å². The Balaban J connectivity index is 2.03. The summed E-state index contributed by atoms with van der Waals surface area (Å²) in [6.07, 6.45) is 1.67. The number of thiazole rings is 1. The molecule has 0 saturated heterocycles. The van der Waals surface area contributed by atoms with Gasteiger partial charge < -0.3 is 24.7 Å². The Morgan fingerprint density at radius 2 is 1.50 bits per heavy atom. The zero-order chi connectivity index (χ0) is 27.7. The summed E-state index contributed by atoms with van der Waals surface area (Å²) in [5, 5.41) is 20.3. The number of benzene rings is 2. The van der Waals surface area contributed by atoms with Crippen molar-refractivity contribution in [2.24, 2.45) is 5.73 Å². The summed E-state index contributed by atoms with van der Waals surface area (Å²) < 4.78 is 24.7. The van der Waals surface area contributed by atoms with Gasteiger partial charge in [0.05, 0.1) is 71.1 Å². The number of halogens is 2. The maximum absolute atomic E-state index is 13.5. The van der Waals surface area contributed by atoms with Gasteiger partial charge in [-0.05, 0) is 73.3 Å². The molecule has 1 aromatic heterocycles. The van der Waals surface area contributed by atoms with Gasteiger partial charge in [0.2, 0.25) is 0 Å². The van der Waals surface area contributed by atoms with Gasteiger partial charge in [0, 0.05) is 0 Å².